The van der Waals surface area contributed by atoms with Crippen LogP contribution in [-0.4, -0.2) is 60.3 Å². The van der Waals surface area contributed by atoms with Gasteiger partial charge in [0.25, 0.3) is 0 Å². The summed E-state index contributed by atoms with van der Waals surface area (Å²) in [5, 5.41) is 6.90. The van der Waals surface area contributed by atoms with Crippen LogP contribution in [0.4, 0.5) is 0 Å². The quantitative estimate of drug-likeness (QED) is 0.356. The first-order chi connectivity index (χ1) is 16.1. The Morgan fingerprint density at radius 2 is 1.56 bits per heavy atom. The smallest absolute Gasteiger partial charge is 0.305 e. The van der Waals surface area contributed by atoms with Crippen molar-refractivity contribution in [3.63, 3.8) is 0 Å². The number of amides is 3. The molecule has 1 aromatic carbocycles. The summed E-state index contributed by atoms with van der Waals surface area (Å²) in [7, 11) is 2.74. The first-order valence-corrected chi connectivity index (χ1v) is 12.1. The minimum Gasteiger partial charge on any atom is -0.469 e. The number of likely N-dealkylation sites (N-methyl/N-ethyl adjacent to an activating group) is 1. The molecular formula is C24H35N3O6S. The van der Waals surface area contributed by atoms with Crippen molar-refractivity contribution >= 4 is 40.6 Å². The van der Waals surface area contributed by atoms with E-state index in [-0.39, 0.29) is 36.2 Å². The molecule has 10 heteroatoms. The Balaban J connectivity index is 2.99. The Morgan fingerprint density at radius 3 is 2.09 bits per heavy atom. The van der Waals surface area contributed by atoms with Crippen LogP contribution >= 0.6 is 11.8 Å². The van der Waals surface area contributed by atoms with Gasteiger partial charge in [0, 0.05) is 26.8 Å². The van der Waals surface area contributed by atoms with Gasteiger partial charge in [-0.15, -0.1) is 0 Å². The molecule has 3 N–H and O–H groups in total. The zero-order valence-electron chi connectivity index (χ0n) is 20.4. The van der Waals surface area contributed by atoms with Crippen LogP contribution < -0.4 is 16.0 Å². The summed E-state index contributed by atoms with van der Waals surface area (Å²) in [6, 6.07) is 7.54. The predicted octanol–water partition coefficient (Wildman–Crippen LogP) is 1.59. The van der Waals surface area contributed by atoms with Gasteiger partial charge >= 0.3 is 5.97 Å². The third kappa shape index (κ3) is 10.8. The van der Waals surface area contributed by atoms with E-state index in [1.54, 1.807) is 0 Å². The van der Waals surface area contributed by atoms with Gasteiger partial charge in [0.2, 0.25) is 17.7 Å². The van der Waals surface area contributed by atoms with Gasteiger partial charge in [-0.25, -0.2) is 0 Å². The van der Waals surface area contributed by atoms with E-state index in [0.717, 1.165) is 17.3 Å². The van der Waals surface area contributed by atoms with Crippen LogP contribution in [-0.2, 0) is 35.1 Å². The van der Waals surface area contributed by atoms with E-state index in [2.05, 4.69) is 20.7 Å². The first-order valence-electron chi connectivity index (χ1n) is 11.2. The number of methoxy groups -OCH3 is 1. The molecule has 0 aliphatic carbocycles. The third-order valence-electron chi connectivity index (χ3n) is 4.94. The van der Waals surface area contributed by atoms with Gasteiger partial charge < -0.3 is 20.7 Å². The summed E-state index contributed by atoms with van der Waals surface area (Å²) in [6.07, 6.45) is 0.674. The van der Waals surface area contributed by atoms with Crippen LogP contribution in [0, 0.1) is 5.92 Å². The molecule has 34 heavy (non-hydrogen) atoms. The van der Waals surface area contributed by atoms with E-state index in [4.69, 9.17) is 0 Å². The third-order valence-corrected chi connectivity index (χ3v) is 6.01. The molecule has 3 atom stereocenters. The maximum atomic E-state index is 13.1. The van der Waals surface area contributed by atoms with Crippen molar-refractivity contribution in [3.05, 3.63) is 35.9 Å². The van der Waals surface area contributed by atoms with Gasteiger partial charge in [-0.1, -0.05) is 55.9 Å². The lowest BCUT2D eigenvalue weighted by atomic mass is 10.0. The number of rotatable bonds is 13. The predicted molar refractivity (Wildman–Crippen MR) is 131 cm³/mol. The van der Waals surface area contributed by atoms with Crippen molar-refractivity contribution in [2.45, 2.75) is 63.8 Å². The molecule has 3 amide bonds. The summed E-state index contributed by atoms with van der Waals surface area (Å²) in [5.74, 6) is -1.80. The lowest BCUT2D eigenvalue weighted by Crippen LogP contribution is -2.55. The second-order valence-corrected chi connectivity index (χ2v) is 9.65. The molecule has 0 spiro atoms. The summed E-state index contributed by atoms with van der Waals surface area (Å²) in [5.41, 5.74) is 0.876. The Bertz CT molecular complexity index is 846. The second-order valence-electron chi connectivity index (χ2n) is 8.27. The summed E-state index contributed by atoms with van der Waals surface area (Å²) in [4.78, 5) is 61.7. The Morgan fingerprint density at radius 1 is 0.941 bits per heavy atom. The molecule has 0 fully saturated rings. The normalized spacial score (nSPS) is 13.4. The fourth-order valence-corrected chi connectivity index (χ4v) is 4.08. The second kappa shape index (κ2) is 15.1. The summed E-state index contributed by atoms with van der Waals surface area (Å²) in [6.45, 7) is 5.15. The highest BCUT2D eigenvalue weighted by Crippen LogP contribution is 2.19. The molecule has 0 saturated carbocycles. The molecular weight excluding hydrogens is 458 g/mol. The number of carbonyl (C=O) groups is 5. The topological polar surface area (TPSA) is 131 Å². The minimum absolute atomic E-state index is 0.0360. The number of hydrogen-bond acceptors (Lipinski definition) is 7. The molecule has 2 unspecified atom stereocenters. The van der Waals surface area contributed by atoms with Gasteiger partial charge in [0.1, 0.15) is 12.1 Å². The number of thioether (sulfide) groups is 1. The highest BCUT2D eigenvalue weighted by molar-refractivity contribution is 8.14. The van der Waals surface area contributed by atoms with Crippen LogP contribution in [0.25, 0.3) is 0 Å². The molecule has 0 saturated heterocycles. The maximum absolute atomic E-state index is 13.1. The molecule has 1 aromatic rings. The Labute approximate surface area is 205 Å². The van der Waals surface area contributed by atoms with Crippen LogP contribution in [0.5, 0.6) is 0 Å². The molecule has 0 heterocycles. The van der Waals surface area contributed by atoms with Crippen molar-refractivity contribution in [2.24, 2.45) is 5.92 Å². The number of benzene rings is 1. The van der Waals surface area contributed by atoms with Crippen molar-refractivity contribution in [3.8, 4) is 0 Å². The maximum Gasteiger partial charge on any atom is 0.305 e. The largest absolute Gasteiger partial charge is 0.469 e. The average molecular weight is 494 g/mol. The molecule has 0 aliphatic heterocycles. The number of nitrogens with one attached hydrogen (secondary N) is 3. The zero-order chi connectivity index (χ0) is 25.7. The Kier molecular flexibility index (Phi) is 13.0. The van der Waals surface area contributed by atoms with E-state index < -0.39 is 35.1 Å². The molecule has 0 aliphatic rings. The van der Waals surface area contributed by atoms with Gasteiger partial charge in [-0.05, 0) is 24.3 Å². The zero-order valence-corrected chi connectivity index (χ0v) is 21.2. The van der Waals surface area contributed by atoms with Crippen molar-refractivity contribution in [1.29, 1.82) is 0 Å². The van der Waals surface area contributed by atoms with Gasteiger partial charge in [0.05, 0.1) is 12.4 Å². The van der Waals surface area contributed by atoms with Crippen molar-refractivity contribution in [2.75, 3.05) is 14.2 Å². The number of esters is 1. The number of hydrogen-bond donors (Lipinski definition) is 3. The first kappa shape index (κ1) is 29.2. The SMILES string of the molecule is CNC(=O)[C@H](Cc1ccccc1)NC(=O)C(CC(C)C)NC(=O)C(CCC(=O)OC)SC(C)=O. The van der Waals surface area contributed by atoms with Crippen LogP contribution in [0.2, 0.25) is 0 Å². The highest BCUT2D eigenvalue weighted by Gasteiger charge is 2.30. The van der Waals surface area contributed by atoms with Crippen molar-refractivity contribution < 1.29 is 28.7 Å². The molecule has 0 aromatic heterocycles. The number of carbonyl (C=O) groups excluding carboxylic acids is 5. The molecule has 1 rings (SSSR count). The summed E-state index contributed by atoms with van der Waals surface area (Å²) < 4.78 is 4.62. The molecule has 0 radical (unpaired) electrons. The average Bonchev–Trinajstić information content (AvgIpc) is 2.79. The van der Waals surface area contributed by atoms with Crippen LogP contribution in [0.15, 0.2) is 30.3 Å². The van der Waals surface area contributed by atoms with E-state index in [9.17, 15) is 24.0 Å². The molecule has 9 nitrogen and oxygen atoms in total. The van der Waals surface area contributed by atoms with Crippen LogP contribution in [0.3, 0.4) is 0 Å². The van der Waals surface area contributed by atoms with E-state index in [0.29, 0.717) is 6.42 Å². The lowest BCUT2D eigenvalue weighted by molar-refractivity contribution is -0.140. The number of ether oxygens (including phenoxy) is 1. The van der Waals surface area contributed by atoms with Gasteiger partial charge in [-0.3, -0.25) is 24.0 Å². The minimum atomic E-state index is -0.913. The van der Waals surface area contributed by atoms with E-state index in [1.165, 1.54) is 21.1 Å². The lowest BCUT2D eigenvalue weighted by Gasteiger charge is -2.25. The standard InChI is InChI=1S/C24H35N3O6S/c1-15(2)13-18(27-24(32)20(34-16(3)28)11-12-21(29)33-5)23(31)26-19(22(30)25-4)14-17-9-7-6-8-10-17/h6-10,15,18-20H,11-14H2,1-5H3,(H,25,30)(H,26,31)(H,27,32)/t18?,19-,20?/m0/s1. The highest BCUT2D eigenvalue weighted by atomic mass is 32.2. The van der Waals surface area contributed by atoms with E-state index >= 15 is 0 Å². The van der Waals surface area contributed by atoms with Gasteiger partial charge in [-0.2, -0.15) is 0 Å². The molecule has 0 bridgehead atoms. The fourth-order valence-electron chi connectivity index (χ4n) is 3.27. The van der Waals surface area contributed by atoms with E-state index in [1.807, 2.05) is 44.2 Å². The van der Waals surface area contributed by atoms with Crippen LogP contribution in [0.1, 0.15) is 45.6 Å². The fraction of sp³-hybridized carbons (Fsp3) is 0.542. The monoisotopic (exact) mass is 493 g/mol. The summed E-state index contributed by atoms with van der Waals surface area (Å²) >= 11 is 0.802. The molecule has 188 valence electrons. The Hall–Kier alpha value is -2.88. The van der Waals surface area contributed by atoms with Gasteiger partial charge in [0.15, 0.2) is 5.12 Å². The van der Waals surface area contributed by atoms with Crippen molar-refractivity contribution in [1.82, 2.24) is 16.0 Å².